The Kier molecular flexibility index (Phi) is 7.69. The molecular weight excluding hydrogens is 397 g/mol. The highest BCUT2D eigenvalue weighted by Crippen LogP contribution is 2.26. The normalized spacial score (nSPS) is 12.0. The minimum atomic E-state index is -3.40. The van der Waals surface area contributed by atoms with Gasteiger partial charge in [0.15, 0.2) is 9.84 Å². The molecule has 2 aromatic heterocycles. The van der Waals surface area contributed by atoms with Gasteiger partial charge in [0.2, 0.25) is 5.88 Å². The largest absolute Gasteiger partial charge is 0.407 e. The van der Waals surface area contributed by atoms with Gasteiger partial charge >= 0.3 is 5.97 Å². The first kappa shape index (κ1) is 22.3. The van der Waals surface area contributed by atoms with E-state index < -0.39 is 21.9 Å². The Hall–Kier alpha value is -2.97. The van der Waals surface area contributed by atoms with E-state index in [2.05, 4.69) is 6.58 Å². The molecule has 1 unspecified atom stereocenters. The van der Waals surface area contributed by atoms with Crippen molar-refractivity contribution in [2.45, 2.75) is 18.8 Å². The van der Waals surface area contributed by atoms with Crippen molar-refractivity contribution in [3.05, 3.63) is 84.8 Å². The number of carbonyl (C=O) groups is 1. The molecule has 2 heterocycles. The standard InChI is InChI=1S/C15H17NO5S.C6H5F/c1-3-8-22(19,20)10-12-9-13-6-4-5-7-16(13)14(12)21-15(18)11(2)17;7-6-4-2-1-3-5-6/h3-7,9,11,17H,1,8,10H2,2H3;1-5H. The molecule has 29 heavy (non-hydrogen) atoms. The van der Waals surface area contributed by atoms with Gasteiger partial charge in [0, 0.05) is 17.3 Å². The summed E-state index contributed by atoms with van der Waals surface area (Å²) in [5.74, 6) is -1.35. The molecule has 0 radical (unpaired) electrons. The quantitative estimate of drug-likeness (QED) is 0.490. The lowest BCUT2D eigenvalue weighted by atomic mass is 10.3. The molecule has 0 aliphatic rings. The molecule has 1 atom stereocenters. The van der Waals surface area contributed by atoms with Gasteiger partial charge < -0.3 is 9.84 Å². The summed E-state index contributed by atoms with van der Waals surface area (Å²) in [6.45, 7) is 4.71. The van der Waals surface area contributed by atoms with E-state index in [9.17, 15) is 22.7 Å². The lowest BCUT2D eigenvalue weighted by Crippen LogP contribution is -2.23. The van der Waals surface area contributed by atoms with Crippen LogP contribution in [0.2, 0.25) is 0 Å². The van der Waals surface area contributed by atoms with E-state index in [0.717, 1.165) is 0 Å². The fourth-order valence-electron chi connectivity index (χ4n) is 2.44. The topological polar surface area (TPSA) is 85.1 Å². The molecule has 6 nitrogen and oxygen atoms in total. The van der Waals surface area contributed by atoms with Crippen LogP contribution in [0.1, 0.15) is 12.5 Å². The number of nitrogens with zero attached hydrogens (tertiary/aromatic N) is 1. The van der Waals surface area contributed by atoms with Gasteiger partial charge in [0.05, 0.1) is 11.5 Å². The number of aliphatic hydroxyl groups is 1. The molecule has 3 aromatic rings. The third kappa shape index (κ3) is 6.55. The maximum absolute atomic E-state index is 12.0. The average molecular weight is 419 g/mol. The number of sulfone groups is 1. The second-order valence-electron chi connectivity index (χ2n) is 6.21. The number of halogens is 1. The number of fused-ring (bicyclic) bond motifs is 1. The predicted molar refractivity (Wildman–Crippen MR) is 109 cm³/mol. The Morgan fingerprint density at radius 1 is 1.24 bits per heavy atom. The van der Waals surface area contributed by atoms with Crippen LogP contribution in [-0.4, -0.2) is 35.8 Å². The molecule has 154 valence electrons. The van der Waals surface area contributed by atoms with E-state index >= 15 is 0 Å². The summed E-state index contributed by atoms with van der Waals surface area (Å²) in [7, 11) is -3.40. The monoisotopic (exact) mass is 419 g/mol. The van der Waals surface area contributed by atoms with E-state index in [0.29, 0.717) is 11.1 Å². The highest BCUT2D eigenvalue weighted by atomic mass is 32.2. The number of ether oxygens (including phenoxy) is 1. The van der Waals surface area contributed by atoms with Gasteiger partial charge in [-0.3, -0.25) is 4.40 Å². The van der Waals surface area contributed by atoms with E-state index in [1.165, 1.54) is 25.1 Å². The zero-order valence-corrected chi connectivity index (χ0v) is 16.7. The van der Waals surface area contributed by atoms with Crippen LogP contribution in [0.3, 0.4) is 0 Å². The molecule has 3 rings (SSSR count). The highest BCUT2D eigenvalue weighted by molar-refractivity contribution is 7.90. The zero-order chi connectivity index (χ0) is 21.4. The second-order valence-corrected chi connectivity index (χ2v) is 8.32. The SMILES string of the molecule is C=CCS(=O)(=O)Cc1cc2ccccn2c1OC(=O)C(C)O.Fc1ccccc1. The lowest BCUT2D eigenvalue weighted by Gasteiger charge is -2.09. The average Bonchev–Trinajstić information content (AvgIpc) is 2.99. The zero-order valence-electron chi connectivity index (χ0n) is 15.9. The predicted octanol–water partition coefficient (Wildman–Crippen LogP) is 3.15. The van der Waals surface area contributed by atoms with Gasteiger partial charge in [-0.05, 0) is 37.3 Å². The number of carbonyl (C=O) groups excluding carboxylic acids is 1. The van der Waals surface area contributed by atoms with E-state index in [1.807, 2.05) is 0 Å². The van der Waals surface area contributed by atoms with Gasteiger partial charge in [0.1, 0.15) is 11.9 Å². The molecule has 1 N–H and O–H groups in total. The maximum atomic E-state index is 12.0. The summed E-state index contributed by atoms with van der Waals surface area (Å²) >= 11 is 0. The molecule has 0 bridgehead atoms. The molecule has 0 aliphatic heterocycles. The third-order valence-electron chi connectivity index (χ3n) is 3.73. The fraction of sp³-hybridized carbons (Fsp3) is 0.190. The minimum Gasteiger partial charge on any atom is -0.407 e. The van der Waals surface area contributed by atoms with Crippen LogP contribution >= 0.6 is 0 Å². The van der Waals surface area contributed by atoms with Crippen molar-refractivity contribution >= 4 is 21.3 Å². The van der Waals surface area contributed by atoms with Crippen LogP contribution in [0.5, 0.6) is 5.88 Å². The van der Waals surface area contributed by atoms with Crippen LogP contribution in [0, 0.1) is 5.82 Å². The lowest BCUT2D eigenvalue weighted by molar-refractivity contribution is -0.143. The summed E-state index contributed by atoms with van der Waals surface area (Å²) < 4.78 is 42.6. The van der Waals surface area contributed by atoms with Crippen molar-refractivity contribution in [3.8, 4) is 5.88 Å². The molecular formula is C21H22FNO5S. The van der Waals surface area contributed by atoms with Crippen molar-refractivity contribution in [1.82, 2.24) is 4.40 Å². The molecule has 0 spiro atoms. The third-order valence-corrected chi connectivity index (χ3v) is 5.22. The summed E-state index contributed by atoms with van der Waals surface area (Å²) in [5.41, 5.74) is 1.06. The first-order valence-electron chi connectivity index (χ1n) is 8.74. The number of hydrogen-bond donors (Lipinski definition) is 1. The van der Waals surface area contributed by atoms with Crippen molar-refractivity contribution in [2.75, 3.05) is 5.75 Å². The number of hydrogen-bond acceptors (Lipinski definition) is 5. The summed E-state index contributed by atoms with van der Waals surface area (Å²) in [6.07, 6.45) is 1.67. The Morgan fingerprint density at radius 2 is 1.90 bits per heavy atom. The number of aromatic nitrogens is 1. The van der Waals surface area contributed by atoms with Gasteiger partial charge in [-0.1, -0.05) is 30.3 Å². The minimum absolute atomic E-state index is 0.106. The van der Waals surface area contributed by atoms with Crippen LogP contribution < -0.4 is 4.74 Å². The van der Waals surface area contributed by atoms with Crippen molar-refractivity contribution in [1.29, 1.82) is 0 Å². The number of rotatable bonds is 6. The van der Waals surface area contributed by atoms with Gasteiger partial charge in [0.25, 0.3) is 0 Å². The first-order chi connectivity index (χ1) is 13.7. The Balaban J connectivity index is 0.000000360. The summed E-state index contributed by atoms with van der Waals surface area (Å²) in [4.78, 5) is 11.6. The Bertz CT molecular complexity index is 1070. The Morgan fingerprint density at radius 3 is 2.45 bits per heavy atom. The van der Waals surface area contributed by atoms with Crippen LogP contribution in [0.15, 0.2) is 73.4 Å². The van der Waals surface area contributed by atoms with Crippen molar-refractivity contribution in [2.24, 2.45) is 0 Å². The van der Waals surface area contributed by atoms with Crippen molar-refractivity contribution in [3.63, 3.8) is 0 Å². The number of esters is 1. The summed E-state index contributed by atoms with van der Waals surface area (Å²) in [5, 5.41) is 9.28. The van der Waals surface area contributed by atoms with Crippen LogP contribution in [-0.2, 0) is 20.4 Å². The first-order valence-corrected chi connectivity index (χ1v) is 10.6. The van der Waals surface area contributed by atoms with Gasteiger partial charge in [-0.15, -0.1) is 6.58 Å². The molecule has 0 saturated carbocycles. The maximum Gasteiger partial charge on any atom is 0.341 e. The molecule has 8 heteroatoms. The number of benzene rings is 1. The van der Waals surface area contributed by atoms with Crippen LogP contribution in [0.4, 0.5) is 4.39 Å². The molecule has 0 aliphatic carbocycles. The van der Waals surface area contributed by atoms with E-state index in [4.69, 9.17) is 4.74 Å². The molecule has 1 aromatic carbocycles. The fourth-order valence-corrected chi connectivity index (χ4v) is 3.60. The van der Waals surface area contributed by atoms with Gasteiger partial charge in [-0.25, -0.2) is 17.6 Å². The number of pyridine rings is 1. The van der Waals surface area contributed by atoms with Gasteiger partial charge in [-0.2, -0.15) is 0 Å². The summed E-state index contributed by atoms with van der Waals surface area (Å²) in [6, 6.07) is 14.9. The highest BCUT2D eigenvalue weighted by Gasteiger charge is 2.21. The van der Waals surface area contributed by atoms with E-state index in [-0.39, 0.29) is 23.2 Å². The Labute approximate surface area is 168 Å². The van der Waals surface area contributed by atoms with E-state index in [1.54, 1.807) is 53.1 Å². The number of aliphatic hydroxyl groups excluding tert-OH is 1. The smallest absolute Gasteiger partial charge is 0.341 e. The molecule has 0 saturated heterocycles. The molecule has 0 fully saturated rings. The molecule has 0 amide bonds. The van der Waals surface area contributed by atoms with Crippen LogP contribution in [0.25, 0.3) is 5.52 Å². The van der Waals surface area contributed by atoms with Crippen molar-refractivity contribution < 1.29 is 27.4 Å². The second kappa shape index (κ2) is 9.99.